The third kappa shape index (κ3) is 8.15. The van der Waals surface area contributed by atoms with E-state index in [0.29, 0.717) is 40.7 Å². The molecule has 55 heavy (non-hydrogen) atoms. The average molecular weight is 793 g/mol. The minimum Gasteiger partial charge on any atom is -0.439 e. The van der Waals surface area contributed by atoms with Crippen LogP contribution in [-0.2, 0) is 23.3 Å². The van der Waals surface area contributed by atoms with Crippen LogP contribution in [-0.4, -0.2) is 53.4 Å². The predicted octanol–water partition coefficient (Wildman–Crippen LogP) is 11.2. The van der Waals surface area contributed by atoms with Crippen LogP contribution in [0.3, 0.4) is 0 Å². The first-order valence-corrected chi connectivity index (χ1v) is 16.9. The van der Waals surface area contributed by atoms with Crippen molar-refractivity contribution in [2.75, 3.05) is 19.6 Å². The number of ether oxygens (including phenoxy) is 1. The number of amides is 2. The Hall–Kier alpha value is -4.70. The summed E-state index contributed by atoms with van der Waals surface area (Å²) < 4.78 is 173. The number of alkyl halides is 11. The van der Waals surface area contributed by atoms with Crippen molar-refractivity contribution in [3.63, 3.8) is 0 Å². The number of cyclic esters (lactones) is 1. The lowest BCUT2D eigenvalue weighted by atomic mass is 9.72. The van der Waals surface area contributed by atoms with Gasteiger partial charge < -0.3 is 9.64 Å². The third-order valence-corrected chi connectivity index (χ3v) is 10.2. The highest BCUT2D eigenvalue weighted by atomic mass is 19.4. The highest BCUT2D eigenvalue weighted by molar-refractivity contribution is 5.96. The van der Waals surface area contributed by atoms with Gasteiger partial charge in [0.1, 0.15) is 11.9 Å². The number of halogens is 12. The van der Waals surface area contributed by atoms with Gasteiger partial charge in [-0.2, -0.15) is 39.5 Å². The van der Waals surface area contributed by atoms with Crippen LogP contribution < -0.4 is 0 Å². The van der Waals surface area contributed by atoms with Crippen molar-refractivity contribution < 1.29 is 67.0 Å². The second-order valence-corrected chi connectivity index (χ2v) is 14.9. The molecule has 0 N–H and O–H groups in total. The Morgan fingerprint density at radius 3 is 2.02 bits per heavy atom. The first kappa shape index (κ1) is 40.0. The van der Waals surface area contributed by atoms with E-state index in [4.69, 9.17) is 4.74 Å². The van der Waals surface area contributed by atoms with Gasteiger partial charge in [-0.15, -0.1) is 0 Å². The molecule has 17 heteroatoms. The van der Waals surface area contributed by atoms with Crippen molar-refractivity contribution in [1.29, 1.82) is 0 Å². The Morgan fingerprint density at radius 2 is 1.45 bits per heavy atom. The normalized spacial score (nSPS) is 21.5. The molecule has 2 aliphatic heterocycles. The van der Waals surface area contributed by atoms with Gasteiger partial charge in [0.25, 0.3) is 11.8 Å². The molecule has 3 aromatic rings. The van der Waals surface area contributed by atoms with Gasteiger partial charge in [-0.1, -0.05) is 26.0 Å². The standard InChI is InChI=1S/C38H32F12N2O3/c1-19-31(23-10-24(36(42,43)44)14-25(11-23)37(45,46)47)55-33(54)52(19)16-22-8-9-34(2,3)15-28(22)27-12-20(5-7-30(27)39)26-6-4-21(13-29(26)38(48,49)50)32(53)51-17-35(40,41)18-51/h4-7,10-14,19,31H,8-9,15-18H2,1-3H3/t19-,31-/m0/s1. The topological polar surface area (TPSA) is 49.9 Å². The molecular formula is C38H32F12N2O3. The summed E-state index contributed by atoms with van der Waals surface area (Å²) in [5.41, 5.74) is -5.82. The molecule has 296 valence electrons. The third-order valence-electron chi connectivity index (χ3n) is 10.2. The summed E-state index contributed by atoms with van der Waals surface area (Å²) in [4.78, 5) is 27.7. The zero-order valence-corrected chi connectivity index (χ0v) is 29.2. The molecule has 2 fully saturated rings. The smallest absolute Gasteiger partial charge is 0.417 e. The zero-order chi connectivity index (χ0) is 40.6. The van der Waals surface area contributed by atoms with Crippen LogP contribution in [0.4, 0.5) is 57.5 Å². The van der Waals surface area contributed by atoms with Crippen LogP contribution in [0.2, 0.25) is 0 Å². The second kappa shape index (κ2) is 13.5. The lowest BCUT2D eigenvalue weighted by Crippen LogP contribution is -2.58. The molecular weight excluding hydrogens is 760 g/mol. The number of likely N-dealkylation sites (tertiary alicyclic amines) is 1. The van der Waals surface area contributed by atoms with Crippen molar-refractivity contribution in [1.82, 2.24) is 9.80 Å². The maximum Gasteiger partial charge on any atom is 0.417 e. The van der Waals surface area contributed by atoms with Crippen LogP contribution in [0.25, 0.3) is 16.7 Å². The molecule has 1 aliphatic carbocycles. The number of rotatable bonds is 6. The van der Waals surface area contributed by atoms with E-state index < -0.39 is 106 Å². The highest BCUT2D eigenvalue weighted by Crippen LogP contribution is 2.47. The summed E-state index contributed by atoms with van der Waals surface area (Å²) in [6.07, 6.45) is -17.0. The number of carbonyl (C=O) groups excluding carboxylic acids is 2. The predicted molar refractivity (Wildman–Crippen MR) is 174 cm³/mol. The molecule has 0 saturated carbocycles. The summed E-state index contributed by atoms with van der Waals surface area (Å²) in [5, 5.41) is 0. The molecule has 3 aliphatic rings. The van der Waals surface area contributed by atoms with Crippen LogP contribution in [0, 0.1) is 11.2 Å². The fourth-order valence-corrected chi connectivity index (χ4v) is 7.23. The molecule has 2 amide bonds. The number of benzene rings is 3. The van der Waals surface area contributed by atoms with E-state index >= 15 is 4.39 Å². The molecule has 0 aromatic heterocycles. The van der Waals surface area contributed by atoms with Gasteiger partial charge in [0.2, 0.25) is 0 Å². The molecule has 0 radical (unpaired) electrons. The fraction of sp³-hybridized carbons (Fsp3) is 0.421. The number of hydrogen-bond donors (Lipinski definition) is 0. The van der Waals surface area contributed by atoms with Crippen molar-refractivity contribution in [3.8, 4) is 11.1 Å². The number of allylic oxidation sites excluding steroid dienone is 1. The molecule has 3 aromatic carbocycles. The second-order valence-electron chi connectivity index (χ2n) is 14.9. The minimum absolute atomic E-state index is 0.0468. The largest absolute Gasteiger partial charge is 0.439 e. The lowest BCUT2D eigenvalue weighted by molar-refractivity contribution is -0.143. The quantitative estimate of drug-likeness (QED) is 0.234. The van der Waals surface area contributed by atoms with Crippen molar-refractivity contribution in [2.24, 2.45) is 5.41 Å². The van der Waals surface area contributed by atoms with Gasteiger partial charge in [-0.25, -0.2) is 18.0 Å². The van der Waals surface area contributed by atoms with E-state index in [1.54, 1.807) is 0 Å². The molecule has 5 nitrogen and oxygen atoms in total. The molecule has 2 heterocycles. The Labute approximate surface area is 306 Å². The van der Waals surface area contributed by atoms with E-state index in [1.165, 1.54) is 13.0 Å². The first-order chi connectivity index (χ1) is 25.2. The van der Waals surface area contributed by atoms with E-state index in [2.05, 4.69) is 0 Å². The lowest BCUT2D eigenvalue weighted by Gasteiger charge is -2.38. The number of nitrogens with zero attached hydrogens (tertiary/aromatic N) is 2. The summed E-state index contributed by atoms with van der Waals surface area (Å²) in [7, 11) is 0. The van der Waals surface area contributed by atoms with Gasteiger partial charge in [0.05, 0.1) is 35.8 Å². The molecule has 0 bridgehead atoms. The zero-order valence-electron chi connectivity index (χ0n) is 29.2. The van der Waals surface area contributed by atoms with Crippen molar-refractivity contribution in [2.45, 2.75) is 76.6 Å². The monoisotopic (exact) mass is 792 g/mol. The van der Waals surface area contributed by atoms with E-state index in [-0.39, 0.29) is 36.6 Å². The number of hydrogen-bond acceptors (Lipinski definition) is 3. The maximum absolute atomic E-state index is 15.8. The van der Waals surface area contributed by atoms with Gasteiger partial charge in [0, 0.05) is 17.7 Å². The van der Waals surface area contributed by atoms with Crippen molar-refractivity contribution in [3.05, 3.63) is 99.4 Å². The van der Waals surface area contributed by atoms with Gasteiger partial charge in [-0.05, 0) is 102 Å². The van der Waals surface area contributed by atoms with Crippen LogP contribution >= 0.6 is 0 Å². The molecule has 2 saturated heterocycles. The Morgan fingerprint density at radius 1 is 0.836 bits per heavy atom. The Balaban J connectivity index is 1.37. The van der Waals surface area contributed by atoms with Crippen LogP contribution in [0.5, 0.6) is 0 Å². The SMILES string of the molecule is C[C@H]1[C@@H](c2cc(C(F)(F)F)cc(C(F)(F)F)c2)OC(=O)N1CC1=C(c2cc(-c3ccc(C(=O)N4CC(F)(F)C4)cc3C(F)(F)F)ccc2F)CC(C)(C)CC1. The highest BCUT2D eigenvalue weighted by Gasteiger charge is 2.47. The van der Waals surface area contributed by atoms with E-state index in [1.807, 2.05) is 13.8 Å². The average Bonchev–Trinajstić information content (AvgIpc) is 3.34. The summed E-state index contributed by atoms with van der Waals surface area (Å²) in [6.45, 7) is 2.94. The molecule has 6 rings (SSSR count). The molecule has 0 spiro atoms. The fourth-order valence-electron chi connectivity index (χ4n) is 7.23. The van der Waals surface area contributed by atoms with Gasteiger partial charge in [0.15, 0.2) is 0 Å². The maximum atomic E-state index is 15.8. The number of carbonyl (C=O) groups is 2. The van der Waals surface area contributed by atoms with Gasteiger partial charge >= 0.3 is 24.6 Å². The Kier molecular flexibility index (Phi) is 9.81. The minimum atomic E-state index is -5.15. The summed E-state index contributed by atoms with van der Waals surface area (Å²) in [6, 6.07) is 5.63. The van der Waals surface area contributed by atoms with E-state index in [0.717, 1.165) is 29.2 Å². The summed E-state index contributed by atoms with van der Waals surface area (Å²) >= 11 is 0. The Bertz CT molecular complexity index is 2030. The van der Waals surface area contributed by atoms with Crippen LogP contribution in [0.15, 0.2) is 60.2 Å². The van der Waals surface area contributed by atoms with Crippen molar-refractivity contribution >= 4 is 17.6 Å². The van der Waals surface area contributed by atoms with E-state index in [9.17, 15) is 57.9 Å². The molecule has 0 unspecified atom stereocenters. The first-order valence-electron chi connectivity index (χ1n) is 16.9. The van der Waals surface area contributed by atoms with Crippen LogP contribution in [0.1, 0.15) is 84.3 Å². The molecule has 2 atom stereocenters. The van der Waals surface area contributed by atoms with Gasteiger partial charge in [-0.3, -0.25) is 9.69 Å². The summed E-state index contributed by atoms with van der Waals surface area (Å²) in [5.74, 6) is -4.99.